The molecular formula is C16H13NO2. The molecule has 3 nitrogen and oxygen atoms in total. The second kappa shape index (κ2) is 6.97. The van der Waals surface area contributed by atoms with Gasteiger partial charge in [-0.3, -0.25) is 4.98 Å². The SMILES string of the molecule is O=CCC#Cc1cncc(OCc2ccccc2)c1. The highest BCUT2D eigenvalue weighted by Crippen LogP contribution is 2.12. The average Bonchev–Trinajstić information content (AvgIpc) is 2.47. The fraction of sp³-hybridized carbons (Fsp3) is 0.125. The minimum Gasteiger partial charge on any atom is -0.487 e. The maximum atomic E-state index is 10.2. The molecule has 94 valence electrons. The number of rotatable bonds is 4. The molecule has 0 N–H and O–H groups in total. The van der Waals surface area contributed by atoms with E-state index < -0.39 is 0 Å². The van der Waals surface area contributed by atoms with E-state index in [-0.39, 0.29) is 6.42 Å². The maximum absolute atomic E-state index is 10.2. The fourth-order valence-corrected chi connectivity index (χ4v) is 1.50. The summed E-state index contributed by atoms with van der Waals surface area (Å²) in [6.45, 7) is 0.494. The Morgan fingerprint density at radius 3 is 2.84 bits per heavy atom. The number of benzene rings is 1. The van der Waals surface area contributed by atoms with Gasteiger partial charge in [0.15, 0.2) is 0 Å². The van der Waals surface area contributed by atoms with Crippen LogP contribution in [0.25, 0.3) is 0 Å². The summed E-state index contributed by atoms with van der Waals surface area (Å²) in [6.07, 6.45) is 4.30. The minimum absolute atomic E-state index is 0.231. The van der Waals surface area contributed by atoms with E-state index in [0.29, 0.717) is 12.4 Å². The number of nitrogens with zero attached hydrogens (tertiary/aromatic N) is 1. The van der Waals surface area contributed by atoms with Crippen LogP contribution in [0.4, 0.5) is 0 Å². The standard InChI is InChI=1S/C16H13NO2/c18-9-5-4-8-15-10-16(12-17-11-15)19-13-14-6-2-1-3-7-14/h1-3,6-7,9-12H,5,13H2. The number of aromatic nitrogens is 1. The molecule has 0 spiro atoms. The Morgan fingerprint density at radius 2 is 2.05 bits per heavy atom. The number of carbonyl (C=O) groups excluding carboxylic acids is 1. The third kappa shape index (κ3) is 4.29. The van der Waals surface area contributed by atoms with E-state index in [0.717, 1.165) is 17.4 Å². The first-order valence-electron chi connectivity index (χ1n) is 5.93. The molecule has 0 atom stereocenters. The van der Waals surface area contributed by atoms with Crippen molar-refractivity contribution in [2.75, 3.05) is 0 Å². The van der Waals surface area contributed by atoms with Crippen LogP contribution in [0, 0.1) is 11.8 Å². The fourth-order valence-electron chi connectivity index (χ4n) is 1.50. The van der Waals surface area contributed by atoms with Crippen molar-refractivity contribution >= 4 is 6.29 Å². The number of hydrogen-bond donors (Lipinski definition) is 0. The van der Waals surface area contributed by atoms with Gasteiger partial charge >= 0.3 is 0 Å². The van der Waals surface area contributed by atoms with Gasteiger partial charge in [-0.2, -0.15) is 0 Å². The van der Waals surface area contributed by atoms with Crippen LogP contribution in [0.3, 0.4) is 0 Å². The second-order valence-electron chi connectivity index (χ2n) is 3.86. The van der Waals surface area contributed by atoms with Gasteiger partial charge in [-0.15, -0.1) is 0 Å². The van der Waals surface area contributed by atoms with Crippen molar-refractivity contribution in [3.8, 4) is 17.6 Å². The monoisotopic (exact) mass is 251 g/mol. The molecule has 1 aromatic carbocycles. The predicted molar refractivity (Wildman–Crippen MR) is 72.6 cm³/mol. The van der Waals surface area contributed by atoms with E-state index in [4.69, 9.17) is 4.74 Å². The van der Waals surface area contributed by atoms with Crippen molar-refractivity contribution in [1.29, 1.82) is 0 Å². The zero-order valence-electron chi connectivity index (χ0n) is 10.4. The lowest BCUT2D eigenvalue weighted by Gasteiger charge is -2.05. The summed E-state index contributed by atoms with van der Waals surface area (Å²) in [5, 5.41) is 0. The van der Waals surface area contributed by atoms with Crippen LogP contribution in [-0.2, 0) is 11.4 Å². The van der Waals surface area contributed by atoms with Crippen molar-refractivity contribution in [2.45, 2.75) is 13.0 Å². The van der Waals surface area contributed by atoms with Gasteiger partial charge in [0.1, 0.15) is 18.6 Å². The molecule has 1 aromatic heterocycles. The highest BCUT2D eigenvalue weighted by Gasteiger charge is 1.97. The molecule has 2 rings (SSSR count). The molecule has 0 saturated carbocycles. The Hall–Kier alpha value is -2.60. The first-order valence-corrected chi connectivity index (χ1v) is 5.93. The van der Waals surface area contributed by atoms with E-state index in [1.54, 1.807) is 12.4 Å². The normalized spacial score (nSPS) is 9.26. The predicted octanol–water partition coefficient (Wildman–Crippen LogP) is 2.60. The Bertz CT molecular complexity index is 597. The number of carbonyl (C=O) groups is 1. The third-order valence-electron chi connectivity index (χ3n) is 2.38. The quantitative estimate of drug-likeness (QED) is 0.619. The number of hydrogen-bond acceptors (Lipinski definition) is 3. The van der Waals surface area contributed by atoms with Crippen molar-refractivity contribution < 1.29 is 9.53 Å². The molecule has 19 heavy (non-hydrogen) atoms. The molecule has 0 amide bonds. The lowest BCUT2D eigenvalue weighted by Crippen LogP contribution is -1.95. The Kier molecular flexibility index (Phi) is 4.71. The van der Waals surface area contributed by atoms with Gasteiger partial charge < -0.3 is 9.53 Å². The van der Waals surface area contributed by atoms with E-state index in [9.17, 15) is 4.79 Å². The molecule has 0 bridgehead atoms. The topological polar surface area (TPSA) is 39.2 Å². The summed E-state index contributed by atoms with van der Waals surface area (Å²) in [4.78, 5) is 14.2. The summed E-state index contributed by atoms with van der Waals surface area (Å²) < 4.78 is 5.64. The zero-order valence-corrected chi connectivity index (χ0v) is 10.4. The maximum Gasteiger partial charge on any atom is 0.139 e. The third-order valence-corrected chi connectivity index (χ3v) is 2.38. The highest BCUT2D eigenvalue weighted by molar-refractivity contribution is 5.55. The smallest absolute Gasteiger partial charge is 0.139 e. The highest BCUT2D eigenvalue weighted by atomic mass is 16.5. The van der Waals surface area contributed by atoms with Gasteiger partial charge in [0.05, 0.1) is 12.6 Å². The summed E-state index contributed by atoms with van der Waals surface area (Å²) in [5.74, 6) is 6.27. The van der Waals surface area contributed by atoms with Gasteiger partial charge in [-0.25, -0.2) is 0 Å². The molecule has 2 aromatic rings. The number of ether oxygens (including phenoxy) is 1. The van der Waals surface area contributed by atoms with Crippen molar-refractivity contribution in [3.05, 3.63) is 59.9 Å². The van der Waals surface area contributed by atoms with Crippen molar-refractivity contribution in [1.82, 2.24) is 4.98 Å². The van der Waals surface area contributed by atoms with Crippen molar-refractivity contribution in [3.63, 3.8) is 0 Å². The van der Waals surface area contributed by atoms with Crippen LogP contribution in [-0.4, -0.2) is 11.3 Å². The largest absolute Gasteiger partial charge is 0.487 e. The summed E-state index contributed by atoms with van der Waals surface area (Å²) in [5.41, 5.74) is 1.84. The first-order chi connectivity index (χ1) is 9.38. The van der Waals surface area contributed by atoms with Crippen LogP contribution >= 0.6 is 0 Å². The molecule has 0 aliphatic rings. The van der Waals surface area contributed by atoms with Gasteiger partial charge in [0.2, 0.25) is 0 Å². The molecule has 1 heterocycles. The molecule has 0 fully saturated rings. The molecule has 3 heteroatoms. The Balaban J connectivity index is 2.00. The lowest BCUT2D eigenvalue weighted by molar-refractivity contribution is -0.107. The van der Waals surface area contributed by atoms with Gasteiger partial charge in [-0.05, 0) is 11.6 Å². The Morgan fingerprint density at radius 1 is 1.21 bits per heavy atom. The van der Waals surface area contributed by atoms with Crippen LogP contribution in [0.5, 0.6) is 5.75 Å². The molecular weight excluding hydrogens is 238 g/mol. The van der Waals surface area contributed by atoms with Crippen LogP contribution in [0.1, 0.15) is 17.5 Å². The van der Waals surface area contributed by atoms with E-state index in [2.05, 4.69) is 16.8 Å². The summed E-state index contributed by atoms with van der Waals surface area (Å²) in [6, 6.07) is 11.7. The van der Waals surface area contributed by atoms with E-state index in [1.807, 2.05) is 36.4 Å². The van der Waals surface area contributed by atoms with Crippen LogP contribution < -0.4 is 4.74 Å². The van der Waals surface area contributed by atoms with Crippen LogP contribution in [0.15, 0.2) is 48.8 Å². The minimum atomic E-state index is 0.231. The van der Waals surface area contributed by atoms with Crippen molar-refractivity contribution in [2.24, 2.45) is 0 Å². The second-order valence-corrected chi connectivity index (χ2v) is 3.86. The first kappa shape index (κ1) is 12.8. The van der Waals surface area contributed by atoms with Crippen LogP contribution in [0.2, 0.25) is 0 Å². The number of pyridine rings is 1. The summed E-state index contributed by atoms with van der Waals surface area (Å²) in [7, 11) is 0. The summed E-state index contributed by atoms with van der Waals surface area (Å²) >= 11 is 0. The molecule has 0 unspecified atom stereocenters. The molecule has 0 aliphatic carbocycles. The Labute approximate surface area is 112 Å². The molecule has 0 radical (unpaired) electrons. The zero-order chi connectivity index (χ0) is 13.3. The average molecular weight is 251 g/mol. The van der Waals surface area contributed by atoms with Gasteiger partial charge in [-0.1, -0.05) is 42.2 Å². The van der Waals surface area contributed by atoms with E-state index in [1.165, 1.54) is 0 Å². The molecule has 0 aliphatic heterocycles. The van der Waals surface area contributed by atoms with Gasteiger partial charge in [0, 0.05) is 11.8 Å². The molecule has 0 saturated heterocycles. The lowest BCUT2D eigenvalue weighted by atomic mass is 10.2. The number of aldehydes is 1. The van der Waals surface area contributed by atoms with E-state index >= 15 is 0 Å². The van der Waals surface area contributed by atoms with Gasteiger partial charge in [0.25, 0.3) is 0 Å².